The van der Waals surface area contributed by atoms with E-state index in [0.29, 0.717) is 37.1 Å². The second-order valence-electron chi connectivity index (χ2n) is 16.4. The van der Waals surface area contributed by atoms with Crippen LogP contribution in [-0.4, -0.2) is 96.1 Å². The van der Waals surface area contributed by atoms with Crippen LogP contribution in [0.2, 0.25) is 0 Å². The number of carbonyl (C=O) groups is 2. The number of alkyl halides is 6. The van der Waals surface area contributed by atoms with Gasteiger partial charge in [0.05, 0.1) is 67.0 Å². The normalized spacial score (nSPS) is 22.9. The third kappa shape index (κ3) is 10.4. The third-order valence-electron chi connectivity index (χ3n) is 12.2. The number of hydrogen-bond donors (Lipinski definition) is 5. The fourth-order valence-corrected chi connectivity index (χ4v) is 12.2. The van der Waals surface area contributed by atoms with Crippen LogP contribution in [-0.2, 0) is 46.4 Å². The Hall–Kier alpha value is -5.82. The number of nitriles is 2. The lowest BCUT2D eigenvalue weighted by atomic mass is 10.0. The smallest absolute Gasteiger partial charge is 0.400 e. The molecule has 3 unspecified atom stereocenters. The maximum atomic E-state index is 13.9. The summed E-state index contributed by atoms with van der Waals surface area (Å²) in [7, 11) is -6.46. The van der Waals surface area contributed by atoms with Crippen LogP contribution in [0.4, 0.5) is 26.3 Å². The van der Waals surface area contributed by atoms with Crippen LogP contribution in [0.1, 0.15) is 68.9 Å². The molecule has 2 heterocycles. The van der Waals surface area contributed by atoms with Gasteiger partial charge in [-0.05, 0) is 94.2 Å². The number of hydrogen-bond acceptors (Lipinski definition) is 12. The third-order valence-corrected chi connectivity index (χ3v) is 16.7. The molecule has 5 atom stereocenters. The van der Waals surface area contributed by atoms with Crippen molar-refractivity contribution in [1.82, 2.24) is 31.0 Å². The molecule has 5 N–H and O–H groups in total. The maximum Gasteiger partial charge on any atom is 0.417 e. The summed E-state index contributed by atoms with van der Waals surface area (Å²) < 4.78 is 141. The largest absolute Gasteiger partial charge is 0.417 e. The minimum atomic E-state index is -4.92. The molecule has 2 amide bonds. The molecule has 66 heavy (non-hydrogen) atoms. The van der Waals surface area contributed by atoms with Gasteiger partial charge >= 0.3 is 12.4 Å². The number of H-pyrrole nitrogens is 2. The Morgan fingerprint density at radius 2 is 1.17 bits per heavy atom. The van der Waals surface area contributed by atoms with Gasteiger partial charge in [-0.1, -0.05) is 12.1 Å². The van der Waals surface area contributed by atoms with Crippen LogP contribution in [0.3, 0.4) is 0 Å². The van der Waals surface area contributed by atoms with Gasteiger partial charge in [0.25, 0.3) is 0 Å². The van der Waals surface area contributed by atoms with Crippen LogP contribution in [0.15, 0.2) is 70.7 Å². The number of aliphatic hydroxyl groups excluding tert-OH is 1. The Morgan fingerprint density at radius 1 is 0.712 bits per heavy atom. The lowest BCUT2D eigenvalue weighted by Crippen LogP contribution is -2.42. The van der Waals surface area contributed by atoms with Crippen molar-refractivity contribution in [2.45, 2.75) is 108 Å². The highest BCUT2D eigenvalue weighted by atomic mass is 32.2. The molecule has 4 aromatic rings. The number of ether oxygens (including phenoxy) is 1. The number of benzene rings is 2. The van der Waals surface area contributed by atoms with E-state index in [1.165, 1.54) is 43.8 Å². The van der Waals surface area contributed by atoms with E-state index in [9.17, 15) is 58.0 Å². The highest BCUT2D eigenvalue weighted by Gasteiger charge is 2.52. The number of rotatable bonds is 11. The Labute approximate surface area is 375 Å². The number of nitrogens with one attached hydrogen (secondary N) is 4. The highest BCUT2D eigenvalue weighted by molar-refractivity contribution is 7.92. The van der Waals surface area contributed by atoms with E-state index in [1.54, 1.807) is 0 Å². The molecule has 0 aliphatic heterocycles. The molecule has 4 fully saturated rings. The summed E-state index contributed by atoms with van der Waals surface area (Å²) in [6, 6.07) is 13.1. The minimum absolute atomic E-state index is 0.0741. The fourth-order valence-electron chi connectivity index (χ4n) is 8.18. The Morgan fingerprint density at radius 3 is 1.56 bits per heavy atom. The van der Waals surface area contributed by atoms with Crippen molar-refractivity contribution >= 4 is 31.5 Å². The first-order chi connectivity index (χ1) is 31.1. The molecule has 8 rings (SSSR count). The average Bonchev–Trinajstić information content (AvgIpc) is 3.79. The van der Waals surface area contributed by atoms with Crippen molar-refractivity contribution in [1.29, 1.82) is 10.5 Å². The molecule has 0 bridgehead atoms. The summed E-state index contributed by atoms with van der Waals surface area (Å²) in [5, 5.41) is 40.8. The number of aliphatic hydroxyl groups is 1. The Kier molecular flexibility index (Phi) is 14.1. The van der Waals surface area contributed by atoms with Crippen molar-refractivity contribution in [2.24, 2.45) is 11.8 Å². The summed E-state index contributed by atoms with van der Waals surface area (Å²) in [6.07, 6.45) is -5.82. The molecule has 4 aliphatic carbocycles. The van der Waals surface area contributed by atoms with Crippen LogP contribution < -0.4 is 10.6 Å². The van der Waals surface area contributed by atoms with Crippen molar-refractivity contribution in [3.63, 3.8) is 0 Å². The number of aromatic nitrogens is 4. The minimum Gasteiger partial charge on any atom is -0.400 e. The quantitative estimate of drug-likeness (QED) is 0.114. The first-order valence-electron chi connectivity index (χ1n) is 20.4. The number of sulfone groups is 2. The molecule has 2 aromatic carbocycles. The molecule has 2 aromatic heterocycles. The van der Waals surface area contributed by atoms with E-state index >= 15 is 0 Å². The van der Waals surface area contributed by atoms with E-state index in [1.807, 2.05) is 12.1 Å². The summed E-state index contributed by atoms with van der Waals surface area (Å²) in [4.78, 5) is 23.5. The second kappa shape index (κ2) is 18.8. The molecule has 16 nitrogen and oxygen atoms in total. The maximum absolute atomic E-state index is 13.9. The van der Waals surface area contributed by atoms with Crippen molar-refractivity contribution in [3.05, 3.63) is 72.1 Å². The van der Waals surface area contributed by atoms with Gasteiger partial charge in [0, 0.05) is 43.7 Å². The first-order valence-corrected chi connectivity index (χ1v) is 23.5. The topological polar surface area (TPSA) is 261 Å². The van der Waals surface area contributed by atoms with Gasteiger partial charge in [0.15, 0.2) is 19.7 Å². The van der Waals surface area contributed by atoms with Crippen LogP contribution in [0.5, 0.6) is 0 Å². The summed E-state index contributed by atoms with van der Waals surface area (Å²) in [6.45, 7) is 0. The molecular formula is C42H44F6N8O8S2. The number of methoxy groups -OCH3 is 1. The SMILES string of the molecule is CO.COC1CC(S(=O)(=O)c2ccc(-c3ccn[nH]3)cc2C(F)(F)F)C[C@H]1C(=O)NC1(C#N)CC1.N#CC1(NC(=O)C2CC[C@@H](S(=O)(=O)c3ccc(-c4ccn[nH]4)cc3C(F)(F)F)C2)CC1. The van der Waals surface area contributed by atoms with E-state index in [-0.39, 0.29) is 43.2 Å². The molecule has 0 saturated heterocycles. The van der Waals surface area contributed by atoms with Gasteiger partial charge in [-0.3, -0.25) is 19.8 Å². The molecule has 4 saturated carbocycles. The lowest BCUT2D eigenvalue weighted by molar-refractivity contribution is -0.140. The predicted octanol–water partition coefficient (Wildman–Crippen LogP) is 5.65. The van der Waals surface area contributed by atoms with Crippen molar-refractivity contribution in [2.75, 3.05) is 14.2 Å². The lowest BCUT2D eigenvalue weighted by Gasteiger charge is -2.19. The Bertz CT molecular complexity index is 2730. The number of aromatic amines is 2. The number of amides is 2. The van der Waals surface area contributed by atoms with E-state index in [2.05, 4.69) is 31.0 Å². The number of carbonyl (C=O) groups excluding carboxylic acids is 2. The average molecular weight is 967 g/mol. The summed E-state index contributed by atoms with van der Waals surface area (Å²) >= 11 is 0. The monoisotopic (exact) mass is 966 g/mol. The van der Waals surface area contributed by atoms with Gasteiger partial charge in [-0.15, -0.1) is 0 Å². The van der Waals surface area contributed by atoms with Crippen LogP contribution >= 0.6 is 0 Å². The first kappa shape index (κ1) is 49.6. The van der Waals surface area contributed by atoms with Crippen molar-refractivity contribution < 1.29 is 62.6 Å². The molecular weight excluding hydrogens is 923 g/mol. The second-order valence-corrected chi connectivity index (χ2v) is 20.8. The molecule has 24 heteroatoms. The van der Waals surface area contributed by atoms with Crippen LogP contribution in [0.25, 0.3) is 22.5 Å². The summed E-state index contributed by atoms with van der Waals surface area (Å²) in [5.74, 6) is -2.48. The van der Waals surface area contributed by atoms with Gasteiger partial charge in [-0.2, -0.15) is 47.1 Å². The zero-order chi connectivity index (χ0) is 48.5. The highest BCUT2D eigenvalue weighted by Crippen LogP contribution is 2.45. The Balaban J connectivity index is 0.000000211. The van der Waals surface area contributed by atoms with Gasteiger partial charge in [0.1, 0.15) is 11.1 Å². The number of halogens is 6. The van der Waals surface area contributed by atoms with Gasteiger partial charge in [0.2, 0.25) is 11.8 Å². The molecule has 0 spiro atoms. The molecule has 354 valence electrons. The van der Waals surface area contributed by atoms with Crippen LogP contribution in [0, 0.1) is 34.5 Å². The molecule has 4 aliphatic rings. The van der Waals surface area contributed by atoms with E-state index in [4.69, 9.17) is 15.1 Å². The predicted molar refractivity (Wildman–Crippen MR) is 220 cm³/mol. The van der Waals surface area contributed by atoms with Gasteiger partial charge < -0.3 is 20.5 Å². The van der Waals surface area contributed by atoms with E-state index in [0.717, 1.165) is 31.4 Å². The van der Waals surface area contributed by atoms with Crippen molar-refractivity contribution in [3.8, 4) is 34.7 Å². The molecule has 0 radical (unpaired) electrons. The standard InChI is InChI=1S/C21H21F3N4O4S.C20H19F3N4O3S.CH4O/c1-32-17-10-13(9-14(17)19(29)27-20(11-25)5-6-20)33(30,31)18-3-2-12(16-4-7-26-28-16)8-15(18)21(22,23)24;21-20(22,23)15-10-12(16-5-8-25-27-16)2-4-17(15)31(29,30)14-3-1-13(9-14)18(28)26-19(11-24)6-7-19;1-2/h2-4,7-8,13-14,17H,5-6,9-10H2,1H3,(H,26,28)(H,27,29);2,4-5,8,10,13-14H,1,3,6-7,9H2,(H,25,27)(H,26,28);2H,1H3/t13?,14-,17?;13?,14-;/m11./s1. The van der Waals surface area contributed by atoms with Gasteiger partial charge in [-0.25, -0.2) is 16.8 Å². The summed E-state index contributed by atoms with van der Waals surface area (Å²) in [5.41, 5.74) is -3.39. The number of nitrogens with zero attached hydrogens (tertiary/aromatic N) is 4. The zero-order valence-electron chi connectivity index (χ0n) is 35.2. The fraction of sp³-hybridized carbons (Fsp3) is 0.476. The zero-order valence-corrected chi connectivity index (χ0v) is 36.8. The van der Waals surface area contributed by atoms with E-state index < -0.39 is 104 Å².